The molecular weight excluding hydrogens is 178 g/mol. The molecule has 12 heavy (non-hydrogen) atoms. The normalized spacial score (nSPS) is 9.58. The molecule has 1 aromatic rings. The van der Waals surface area contributed by atoms with E-state index in [1.54, 1.807) is 10.8 Å². The summed E-state index contributed by atoms with van der Waals surface area (Å²) in [5.41, 5.74) is 1.33. The second kappa shape index (κ2) is 3.54. The number of aromatic nitrogens is 1. The fourth-order valence-corrected chi connectivity index (χ4v) is 1.01. The molecule has 0 saturated heterocycles. The maximum Gasteiger partial charge on any atom is 0.362 e. The zero-order chi connectivity index (χ0) is 9.14. The van der Waals surface area contributed by atoms with Crippen LogP contribution in [0.2, 0.25) is 0 Å². The van der Waals surface area contributed by atoms with E-state index in [9.17, 15) is 4.79 Å². The molecule has 0 fully saturated rings. The Morgan fingerprint density at radius 1 is 1.67 bits per heavy atom. The largest absolute Gasteiger partial charge is 0.362 e. The van der Waals surface area contributed by atoms with Gasteiger partial charge in [-0.25, -0.2) is 9.36 Å². The van der Waals surface area contributed by atoms with Crippen molar-refractivity contribution >= 4 is 17.8 Å². The fraction of sp³-hybridized carbons (Fsp3) is 0.250. The molecule has 0 spiro atoms. The molecule has 0 aliphatic rings. The molecule has 1 aromatic heterocycles. The molecule has 0 aliphatic carbocycles. The van der Waals surface area contributed by atoms with Crippen molar-refractivity contribution in [1.29, 1.82) is 0 Å². The van der Waals surface area contributed by atoms with Gasteiger partial charge in [0.05, 0.1) is 0 Å². The molecule has 0 amide bonds. The van der Waals surface area contributed by atoms with Gasteiger partial charge in [-0.15, -0.1) is 0 Å². The Morgan fingerprint density at radius 2 is 2.33 bits per heavy atom. The topological polar surface area (TPSA) is 30.2 Å². The maximum atomic E-state index is 11.0. The van der Waals surface area contributed by atoms with Gasteiger partial charge in [0, 0.05) is 6.07 Å². The fourth-order valence-electron chi connectivity index (χ4n) is 0.923. The lowest BCUT2D eigenvalue weighted by molar-refractivity contribution is -0.671. The molecule has 3 nitrogen and oxygen atoms in total. The van der Waals surface area contributed by atoms with Crippen LogP contribution in [0.15, 0.2) is 18.5 Å². The van der Waals surface area contributed by atoms with Crippen molar-refractivity contribution in [2.24, 2.45) is 7.05 Å². The second-order valence-corrected chi connectivity index (χ2v) is 2.73. The lowest BCUT2D eigenvalue weighted by Gasteiger charge is -1.97. The van der Waals surface area contributed by atoms with Crippen LogP contribution in [-0.4, -0.2) is 5.97 Å². The van der Waals surface area contributed by atoms with Gasteiger partial charge in [-0.1, -0.05) is 0 Å². The maximum absolute atomic E-state index is 11.0. The molecule has 0 N–H and O–H groups in total. The van der Waals surface area contributed by atoms with Crippen LogP contribution in [0.1, 0.15) is 15.9 Å². The lowest BCUT2D eigenvalue weighted by Crippen LogP contribution is -2.28. The molecule has 0 aliphatic heterocycles. The van der Waals surface area contributed by atoms with Gasteiger partial charge < -0.3 is 4.29 Å². The zero-order valence-corrected chi connectivity index (χ0v) is 7.63. The van der Waals surface area contributed by atoms with Gasteiger partial charge in [-0.3, -0.25) is 0 Å². The summed E-state index contributed by atoms with van der Waals surface area (Å²) in [5.74, 6) is -0.523. The van der Waals surface area contributed by atoms with E-state index in [2.05, 4.69) is 4.29 Å². The van der Waals surface area contributed by atoms with Crippen molar-refractivity contribution in [1.82, 2.24) is 0 Å². The average Bonchev–Trinajstić information content (AvgIpc) is 2.08. The number of pyridine rings is 1. The van der Waals surface area contributed by atoms with E-state index in [4.69, 9.17) is 11.9 Å². The van der Waals surface area contributed by atoms with Crippen molar-refractivity contribution < 1.29 is 13.7 Å². The number of halogens is 1. The van der Waals surface area contributed by atoms with E-state index in [0.29, 0.717) is 5.56 Å². The minimum Gasteiger partial charge on any atom is -0.343 e. The van der Waals surface area contributed by atoms with Crippen LogP contribution in [-0.2, 0) is 11.3 Å². The first-order valence-electron chi connectivity index (χ1n) is 3.44. The Kier molecular flexibility index (Phi) is 2.65. The highest BCUT2D eigenvalue weighted by Crippen LogP contribution is 2.06. The van der Waals surface area contributed by atoms with Crippen LogP contribution in [0.4, 0.5) is 0 Å². The molecule has 0 radical (unpaired) electrons. The summed E-state index contributed by atoms with van der Waals surface area (Å²) in [6.07, 6.45) is 3.51. The Balaban J connectivity index is 3.13. The van der Waals surface area contributed by atoms with E-state index in [-0.39, 0.29) is 0 Å². The predicted octanol–water partition coefficient (Wildman–Crippen LogP) is 1.13. The molecule has 0 atom stereocenters. The summed E-state index contributed by atoms with van der Waals surface area (Å²) in [6.45, 7) is 1.82. The Labute approximate surface area is 75.7 Å². The Bertz CT molecular complexity index is 312. The van der Waals surface area contributed by atoms with Crippen LogP contribution in [0.5, 0.6) is 0 Å². The third kappa shape index (κ3) is 1.74. The lowest BCUT2D eigenvalue weighted by atomic mass is 10.2. The SMILES string of the molecule is Cc1cc[n+](C)cc1C(=O)OCl. The van der Waals surface area contributed by atoms with Gasteiger partial charge in [0.1, 0.15) is 24.5 Å². The summed E-state index contributed by atoms with van der Waals surface area (Å²) in [6, 6.07) is 1.82. The molecular formula is C8H9ClNO2+. The predicted molar refractivity (Wildman–Crippen MR) is 43.6 cm³/mol. The minimum atomic E-state index is -0.523. The van der Waals surface area contributed by atoms with Crippen LogP contribution in [0, 0.1) is 6.92 Å². The quantitative estimate of drug-likeness (QED) is 0.616. The number of nitrogens with zero attached hydrogens (tertiary/aromatic N) is 1. The molecule has 0 saturated carbocycles. The number of hydrogen-bond donors (Lipinski definition) is 0. The first kappa shape index (κ1) is 9.00. The second-order valence-electron chi connectivity index (χ2n) is 2.57. The smallest absolute Gasteiger partial charge is 0.343 e. The first-order valence-corrected chi connectivity index (χ1v) is 3.75. The van der Waals surface area contributed by atoms with E-state index in [0.717, 1.165) is 5.56 Å². The number of carbonyl (C=O) groups is 1. The Hall–Kier alpha value is -1.09. The monoisotopic (exact) mass is 186 g/mol. The number of aryl methyl sites for hydroxylation is 2. The van der Waals surface area contributed by atoms with Crippen LogP contribution < -0.4 is 4.57 Å². The van der Waals surface area contributed by atoms with Gasteiger partial charge in [-0.05, 0) is 12.5 Å². The summed E-state index contributed by atoms with van der Waals surface area (Å²) in [5, 5.41) is 0. The summed E-state index contributed by atoms with van der Waals surface area (Å²) < 4.78 is 5.85. The third-order valence-electron chi connectivity index (χ3n) is 1.61. The number of hydrogen-bond acceptors (Lipinski definition) is 2. The van der Waals surface area contributed by atoms with Crippen molar-refractivity contribution in [3.8, 4) is 0 Å². The van der Waals surface area contributed by atoms with E-state index in [1.165, 1.54) is 0 Å². The molecule has 4 heteroatoms. The van der Waals surface area contributed by atoms with Crippen molar-refractivity contribution in [2.75, 3.05) is 0 Å². The van der Waals surface area contributed by atoms with Crippen LogP contribution >= 0.6 is 11.9 Å². The Morgan fingerprint density at radius 3 is 2.92 bits per heavy atom. The number of carbonyl (C=O) groups excluding carboxylic acids is 1. The molecule has 0 unspecified atom stereocenters. The highest BCUT2D eigenvalue weighted by Gasteiger charge is 2.13. The molecule has 0 bridgehead atoms. The molecule has 1 heterocycles. The standard InChI is InChI=1S/C8H9ClNO2/c1-6-3-4-10(2)5-7(6)8(11)12-9/h3-5H,1-2H3/q+1. The van der Waals surface area contributed by atoms with Gasteiger partial charge in [0.2, 0.25) is 0 Å². The van der Waals surface area contributed by atoms with Gasteiger partial charge in [-0.2, -0.15) is 0 Å². The zero-order valence-electron chi connectivity index (χ0n) is 6.87. The van der Waals surface area contributed by atoms with Gasteiger partial charge in [0.25, 0.3) is 0 Å². The summed E-state index contributed by atoms with van der Waals surface area (Å²) in [7, 11) is 1.82. The van der Waals surface area contributed by atoms with Crippen molar-refractivity contribution in [3.63, 3.8) is 0 Å². The van der Waals surface area contributed by atoms with Crippen molar-refractivity contribution in [3.05, 3.63) is 29.6 Å². The summed E-state index contributed by atoms with van der Waals surface area (Å²) >= 11 is 4.95. The molecule has 64 valence electrons. The molecule has 1 rings (SSSR count). The first-order chi connectivity index (χ1) is 5.65. The van der Waals surface area contributed by atoms with Crippen molar-refractivity contribution in [2.45, 2.75) is 6.92 Å². The van der Waals surface area contributed by atoms with Crippen LogP contribution in [0.25, 0.3) is 0 Å². The van der Waals surface area contributed by atoms with Gasteiger partial charge >= 0.3 is 5.97 Å². The van der Waals surface area contributed by atoms with Crippen LogP contribution in [0.3, 0.4) is 0 Å². The highest BCUT2D eigenvalue weighted by molar-refractivity contribution is 6.15. The third-order valence-corrected chi connectivity index (χ3v) is 1.75. The highest BCUT2D eigenvalue weighted by atomic mass is 35.5. The van der Waals surface area contributed by atoms with E-state index < -0.39 is 5.97 Å². The van der Waals surface area contributed by atoms with Gasteiger partial charge in [0.15, 0.2) is 12.4 Å². The van der Waals surface area contributed by atoms with E-state index >= 15 is 0 Å². The average molecular weight is 187 g/mol. The molecule has 0 aromatic carbocycles. The number of rotatable bonds is 1. The minimum absolute atomic E-state index is 0.481. The summed E-state index contributed by atoms with van der Waals surface area (Å²) in [4.78, 5) is 11.0. The van der Waals surface area contributed by atoms with E-state index in [1.807, 2.05) is 26.2 Å².